The van der Waals surface area contributed by atoms with E-state index in [9.17, 15) is 31.1 Å². The average molecular weight is 429 g/mol. The van der Waals surface area contributed by atoms with Gasteiger partial charge < -0.3 is 5.73 Å². The highest BCUT2D eigenvalue weighted by Crippen LogP contribution is 2.43. The van der Waals surface area contributed by atoms with Gasteiger partial charge in [0.15, 0.2) is 11.6 Å². The fourth-order valence-corrected chi connectivity index (χ4v) is 3.81. The summed E-state index contributed by atoms with van der Waals surface area (Å²) in [5, 5.41) is -1.63. The van der Waals surface area contributed by atoms with Crippen molar-refractivity contribution >= 4 is 29.3 Å². The number of hydrogen-bond acceptors (Lipinski definition) is 3. The lowest BCUT2D eigenvalue weighted by Crippen LogP contribution is -2.15. The van der Waals surface area contributed by atoms with Crippen LogP contribution in [0.3, 0.4) is 0 Å². The second-order valence-corrected chi connectivity index (χ2v) is 6.95. The van der Waals surface area contributed by atoms with Crippen molar-refractivity contribution < 1.29 is 31.1 Å². The Labute approximate surface area is 158 Å². The zero-order valence-electron chi connectivity index (χ0n) is 13.3. The Kier molecular flexibility index (Phi) is 6.63. The van der Waals surface area contributed by atoms with Gasteiger partial charge in [-0.25, -0.2) is 18.2 Å². The molecule has 0 saturated heterocycles. The number of amides is 1. The number of carbonyl (C=O) groups is 1. The summed E-state index contributed by atoms with van der Waals surface area (Å²) < 4.78 is 79.5. The van der Waals surface area contributed by atoms with Crippen molar-refractivity contribution in [3.63, 3.8) is 0 Å². The third kappa shape index (κ3) is 5.29. The molecule has 2 rings (SSSR count). The molecule has 1 atom stereocenters. The van der Waals surface area contributed by atoms with Gasteiger partial charge in [-0.15, -0.1) is 11.8 Å². The highest BCUT2D eigenvalue weighted by atomic mass is 35.5. The number of rotatable bonds is 6. The standard InChI is InChI=1S/C16H11ClF6N2OS/c17-8-6-25-11(15(24)26)5-7(8)14(27-4-3-16(21,22)23)12-9(18)1-2-10(19)13(12)20/h1-2,5-6,14H,3-4H2,(H2,24,26). The molecule has 0 spiro atoms. The molecule has 1 unspecified atom stereocenters. The molecule has 3 nitrogen and oxygen atoms in total. The van der Waals surface area contributed by atoms with Gasteiger partial charge in [0.1, 0.15) is 11.5 Å². The van der Waals surface area contributed by atoms with Gasteiger partial charge in [0.25, 0.3) is 5.91 Å². The first-order valence-electron chi connectivity index (χ1n) is 7.28. The first-order valence-corrected chi connectivity index (χ1v) is 8.71. The molecule has 0 radical (unpaired) electrons. The third-order valence-corrected chi connectivity index (χ3v) is 5.01. The summed E-state index contributed by atoms with van der Waals surface area (Å²) in [5.74, 6) is -5.69. The van der Waals surface area contributed by atoms with E-state index in [0.29, 0.717) is 23.9 Å². The molecule has 2 aromatic rings. The minimum absolute atomic E-state index is 0.115. The van der Waals surface area contributed by atoms with Crippen LogP contribution in [0.1, 0.15) is 33.3 Å². The number of hydrogen-bond donors (Lipinski definition) is 1. The number of nitrogens with zero attached hydrogens (tertiary/aromatic N) is 1. The zero-order valence-corrected chi connectivity index (χ0v) is 14.9. The fourth-order valence-electron chi connectivity index (χ4n) is 2.19. The van der Waals surface area contributed by atoms with Crippen molar-refractivity contribution in [3.8, 4) is 0 Å². The number of halogens is 7. The predicted molar refractivity (Wildman–Crippen MR) is 89.1 cm³/mol. The van der Waals surface area contributed by atoms with Crippen molar-refractivity contribution in [3.05, 3.63) is 63.7 Å². The summed E-state index contributed by atoms with van der Waals surface area (Å²) in [6.07, 6.45) is -4.78. The van der Waals surface area contributed by atoms with Crippen LogP contribution in [-0.4, -0.2) is 22.8 Å². The van der Waals surface area contributed by atoms with Crippen molar-refractivity contribution in [2.75, 3.05) is 5.75 Å². The summed E-state index contributed by atoms with van der Waals surface area (Å²) in [5.41, 5.74) is 3.86. The van der Waals surface area contributed by atoms with Crippen LogP contribution in [-0.2, 0) is 0 Å². The van der Waals surface area contributed by atoms with E-state index in [1.54, 1.807) is 0 Å². The molecular weight excluding hydrogens is 418 g/mol. The lowest BCUT2D eigenvalue weighted by molar-refractivity contribution is -0.129. The van der Waals surface area contributed by atoms with Crippen molar-refractivity contribution in [1.82, 2.24) is 4.98 Å². The van der Waals surface area contributed by atoms with Crippen molar-refractivity contribution in [2.24, 2.45) is 5.73 Å². The molecule has 0 aliphatic carbocycles. The van der Waals surface area contributed by atoms with Crippen LogP contribution in [0.4, 0.5) is 26.3 Å². The Balaban J connectivity index is 2.56. The van der Waals surface area contributed by atoms with Crippen LogP contribution in [0.15, 0.2) is 24.4 Å². The minimum atomic E-state index is -4.50. The van der Waals surface area contributed by atoms with Crippen LogP contribution in [0.5, 0.6) is 0 Å². The number of thioether (sulfide) groups is 1. The molecule has 27 heavy (non-hydrogen) atoms. The minimum Gasteiger partial charge on any atom is -0.364 e. The largest absolute Gasteiger partial charge is 0.389 e. The van der Waals surface area contributed by atoms with E-state index in [1.807, 2.05) is 0 Å². The molecule has 11 heteroatoms. The van der Waals surface area contributed by atoms with Gasteiger partial charge in [0, 0.05) is 17.5 Å². The molecule has 1 aromatic carbocycles. The molecule has 0 saturated carbocycles. The summed E-state index contributed by atoms with van der Waals surface area (Å²) in [6.45, 7) is 0. The van der Waals surface area contributed by atoms with Crippen LogP contribution in [0.25, 0.3) is 0 Å². The van der Waals surface area contributed by atoms with Crippen LogP contribution in [0, 0.1) is 17.5 Å². The number of pyridine rings is 1. The number of alkyl halides is 3. The molecule has 2 N–H and O–H groups in total. The number of benzene rings is 1. The van der Waals surface area contributed by atoms with Gasteiger partial charge in [-0.3, -0.25) is 4.79 Å². The van der Waals surface area contributed by atoms with Gasteiger partial charge in [0.2, 0.25) is 0 Å². The van der Waals surface area contributed by atoms with Crippen molar-refractivity contribution in [2.45, 2.75) is 17.8 Å². The van der Waals surface area contributed by atoms with Crippen LogP contribution in [0.2, 0.25) is 5.02 Å². The number of primary amides is 1. The van der Waals surface area contributed by atoms with E-state index >= 15 is 0 Å². The second kappa shape index (κ2) is 8.39. The molecule has 146 valence electrons. The van der Waals surface area contributed by atoms with Gasteiger partial charge in [0.05, 0.1) is 16.7 Å². The number of nitrogens with two attached hydrogens (primary N) is 1. The molecule has 0 aliphatic heterocycles. The molecule has 1 amide bonds. The van der Waals surface area contributed by atoms with Crippen LogP contribution >= 0.6 is 23.4 Å². The van der Waals surface area contributed by atoms with Gasteiger partial charge in [-0.05, 0) is 23.8 Å². The van der Waals surface area contributed by atoms with E-state index in [0.717, 1.165) is 12.3 Å². The first kappa shape index (κ1) is 21.4. The highest BCUT2D eigenvalue weighted by molar-refractivity contribution is 7.99. The lowest BCUT2D eigenvalue weighted by atomic mass is 10.0. The normalized spacial score (nSPS) is 12.9. The summed E-state index contributed by atoms with van der Waals surface area (Å²) in [7, 11) is 0. The predicted octanol–water partition coefficient (Wildman–Crippen LogP) is 5.03. The first-order chi connectivity index (χ1) is 12.5. The highest BCUT2D eigenvalue weighted by Gasteiger charge is 2.31. The Morgan fingerprint density at radius 3 is 2.44 bits per heavy atom. The van der Waals surface area contributed by atoms with E-state index in [2.05, 4.69) is 4.98 Å². The Hall–Kier alpha value is -1.94. The summed E-state index contributed by atoms with van der Waals surface area (Å²) in [4.78, 5) is 14.9. The van der Waals surface area contributed by atoms with E-state index in [4.69, 9.17) is 17.3 Å². The molecular formula is C16H11ClF6N2OS. The maximum absolute atomic E-state index is 14.2. The Morgan fingerprint density at radius 2 is 1.85 bits per heavy atom. The maximum atomic E-state index is 14.2. The Morgan fingerprint density at radius 1 is 1.22 bits per heavy atom. The third-order valence-electron chi connectivity index (χ3n) is 3.43. The van der Waals surface area contributed by atoms with Crippen LogP contribution < -0.4 is 5.73 Å². The average Bonchev–Trinajstić information content (AvgIpc) is 2.56. The molecule has 0 fully saturated rings. The smallest absolute Gasteiger partial charge is 0.364 e. The van der Waals surface area contributed by atoms with E-state index < -0.39 is 52.5 Å². The Bertz CT molecular complexity index is 862. The molecule has 0 aliphatic rings. The van der Waals surface area contributed by atoms with Crippen molar-refractivity contribution in [1.29, 1.82) is 0 Å². The van der Waals surface area contributed by atoms with Gasteiger partial charge in [-0.1, -0.05) is 11.6 Å². The summed E-state index contributed by atoms with van der Waals surface area (Å²) >= 11 is 6.47. The summed E-state index contributed by atoms with van der Waals surface area (Å²) in [6, 6.07) is 2.21. The maximum Gasteiger partial charge on any atom is 0.389 e. The second-order valence-electron chi connectivity index (χ2n) is 5.33. The SMILES string of the molecule is NC(=O)c1cc(C(SCCC(F)(F)F)c2c(F)ccc(F)c2F)c(Cl)cn1. The molecule has 1 aromatic heterocycles. The van der Waals surface area contributed by atoms with E-state index in [1.165, 1.54) is 0 Å². The quantitative estimate of drug-likeness (QED) is 0.519. The monoisotopic (exact) mass is 428 g/mol. The number of aromatic nitrogens is 1. The lowest BCUT2D eigenvalue weighted by Gasteiger charge is -2.21. The number of carbonyl (C=O) groups excluding carboxylic acids is 1. The topological polar surface area (TPSA) is 56.0 Å². The molecule has 0 bridgehead atoms. The fraction of sp³-hybridized carbons (Fsp3) is 0.250. The molecule has 1 heterocycles. The zero-order chi connectivity index (χ0) is 20.4. The van der Waals surface area contributed by atoms with Gasteiger partial charge in [-0.2, -0.15) is 13.2 Å². The van der Waals surface area contributed by atoms with E-state index in [-0.39, 0.29) is 16.3 Å². The van der Waals surface area contributed by atoms with Gasteiger partial charge >= 0.3 is 6.18 Å².